The van der Waals surface area contributed by atoms with Gasteiger partial charge in [0.2, 0.25) is 11.9 Å². The van der Waals surface area contributed by atoms with Gasteiger partial charge in [-0.25, -0.2) is 9.97 Å². The van der Waals surface area contributed by atoms with Gasteiger partial charge in [0.05, 0.1) is 18.9 Å². The van der Waals surface area contributed by atoms with Gasteiger partial charge in [-0.2, -0.15) is 0 Å². The average molecular weight is 465 g/mol. The summed E-state index contributed by atoms with van der Waals surface area (Å²) < 4.78 is 5.74. The first-order valence-electron chi connectivity index (χ1n) is 11.5. The topological polar surface area (TPSA) is 101 Å². The number of nitrogens with one attached hydrogen (secondary N) is 1. The van der Waals surface area contributed by atoms with Crippen LogP contribution in [-0.2, 0) is 4.79 Å². The molecule has 3 heterocycles. The van der Waals surface area contributed by atoms with E-state index in [-0.39, 0.29) is 18.4 Å². The molecule has 0 unspecified atom stereocenters. The Labute approximate surface area is 200 Å². The predicted octanol–water partition coefficient (Wildman–Crippen LogP) is 2.55. The Bertz CT molecular complexity index is 1030. The maximum atomic E-state index is 12.5. The molecule has 34 heavy (non-hydrogen) atoms. The minimum absolute atomic E-state index is 0.0369. The summed E-state index contributed by atoms with van der Waals surface area (Å²) in [5, 5.41) is 2.69. The third-order valence-electron chi connectivity index (χ3n) is 5.31. The quantitative estimate of drug-likeness (QED) is 0.569. The van der Waals surface area contributed by atoms with Gasteiger partial charge in [-0.15, -0.1) is 0 Å². The summed E-state index contributed by atoms with van der Waals surface area (Å²) in [7, 11) is 0. The Hall–Kier alpha value is -3.75. The van der Waals surface area contributed by atoms with E-state index in [4.69, 9.17) is 4.74 Å². The van der Waals surface area contributed by atoms with Crippen LogP contribution in [0.15, 0.2) is 54.5 Å². The number of nitrogens with zero attached hydrogens (tertiary/aromatic N) is 5. The molecule has 1 aliphatic rings. The van der Waals surface area contributed by atoms with Crippen molar-refractivity contribution in [2.45, 2.75) is 27.2 Å². The number of hydrogen-bond donors (Lipinski definition) is 1. The molecule has 0 atom stereocenters. The number of anilines is 1. The number of ether oxygens (including phenoxy) is 1. The number of pyridine rings is 1. The lowest BCUT2D eigenvalue weighted by atomic mass is 10.2. The number of hydrogen-bond acceptors (Lipinski definition) is 7. The van der Waals surface area contributed by atoms with Gasteiger partial charge in [-0.1, -0.05) is 25.2 Å². The van der Waals surface area contributed by atoms with Gasteiger partial charge in [0.1, 0.15) is 6.61 Å². The number of aromatic nitrogens is 3. The Kier molecular flexibility index (Phi) is 9.13. The summed E-state index contributed by atoms with van der Waals surface area (Å²) in [6, 6.07) is 3.32. The third-order valence-corrected chi connectivity index (χ3v) is 5.31. The molecule has 9 heteroatoms. The number of carbonyl (C=O) groups is 2. The molecule has 0 saturated carbocycles. The molecule has 1 saturated heterocycles. The molecule has 2 amide bonds. The average Bonchev–Trinajstić information content (AvgIpc) is 2.86. The third kappa shape index (κ3) is 7.40. The second kappa shape index (κ2) is 12.5. The van der Waals surface area contributed by atoms with E-state index in [9.17, 15) is 9.59 Å². The largest absolute Gasteiger partial charge is 0.486 e. The first-order valence-corrected chi connectivity index (χ1v) is 11.5. The number of allylic oxidation sites excluding steroid dienone is 3. The van der Waals surface area contributed by atoms with E-state index in [0.717, 1.165) is 17.7 Å². The van der Waals surface area contributed by atoms with E-state index >= 15 is 0 Å². The Morgan fingerprint density at radius 1 is 1.15 bits per heavy atom. The van der Waals surface area contributed by atoms with Crippen molar-refractivity contribution < 1.29 is 14.3 Å². The van der Waals surface area contributed by atoms with E-state index in [2.05, 4.69) is 33.3 Å². The van der Waals surface area contributed by atoms with Crippen LogP contribution in [0.1, 0.15) is 36.3 Å². The van der Waals surface area contributed by atoms with E-state index in [0.29, 0.717) is 50.0 Å². The number of amides is 2. The van der Waals surface area contributed by atoms with Crippen LogP contribution >= 0.6 is 0 Å². The SMILES string of the molecule is CCC=CC=C(C)COc1cnc(N2CCN(C(=O)CNC(=O)c3ccnc(C)c3)CC2)nc1. The molecule has 1 N–H and O–H groups in total. The van der Waals surface area contributed by atoms with Gasteiger partial charge in [-0.3, -0.25) is 14.6 Å². The maximum Gasteiger partial charge on any atom is 0.251 e. The monoisotopic (exact) mass is 464 g/mol. The van der Waals surface area contributed by atoms with Crippen molar-refractivity contribution in [3.63, 3.8) is 0 Å². The lowest BCUT2D eigenvalue weighted by molar-refractivity contribution is -0.130. The van der Waals surface area contributed by atoms with Crippen molar-refractivity contribution in [3.05, 3.63) is 65.8 Å². The first-order chi connectivity index (χ1) is 16.5. The molecule has 0 bridgehead atoms. The summed E-state index contributed by atoms with van der Waals surface area (Å²) >= 11 is 0. The van der Waals surface area contributed by atoms with Crippen molar-refractivity contribution in [2.75, 3.05) is 44.2 Å². The maximum absolute atomic E-state index is 12.5. The summed E-state index contributed by atoms with van der Waals surface area (Å²) in [5.41, 5.74) is 2.36. The minimum atomic E-state index is -0.281. The van der Waals surface area contributed by atoms with E-state index in [1.165, 1.54) is 0 Å². The van der Waals surface area contributed by atoms with Crippen LogP contribution in [0, 0.1) is 6.92 Å². The normalized spacial score (nSPS) is 14.4. The predicted molar refractivity (Wildman–Crippen MR) is 131 cm³/mol. The molecular weight excluding hydrogens is 432 g/mol. The zero-order valence-corrected chi connectivity index (χ0v) is 20.0. The first kappa shape index (κ1) is 24.9. The lowest BCUT2D eigenvalue weighted by Crippen LogP contribution is -2.51. The van der Waals surface area contributed by atoms with Crippen molar-refractivity contribution >= 4 is 17.8 Å². The standard InChI is InChI=1S/C25H32N6O3/c1-4-5-6-7-19(2)18-34-22-15-28-25(29-16-22)31-12-10-30(11-13-31)23(32)17-27-24(33)21-8-9-26-20(3)14-21/h5-9,14-16H,4,10-13,17-18H2,1-3H3,(H,27,33). The number of piperazine rings is 1. The highest BCUT2D eigenvalue weighted by molar-refractivity contribution is 5.96. The van der Waals surface area contributed by atoms with Crippen molar-refractivity contribution in [1.29, 1.82) is 0 Å². The van der Waals surface area contributed by atoms with E-state index < -0.39 is 0 Å². The van der Waals surface area contributed by atoms with Gasteiger partial charge in [-0.05, 0) is 38.0 Å². The van der Waals surface area contributed by atoms with Crippen molar-refractivity contribution in [2.24, 2.45) is 0 Å². The van der Waals surface area contributed by atoms with Crippen molar-refractivity contribution in [1.82, 2.24) is 25.2 Å². The number of rotatable bonds is 9. The molecule has 0 aliphatic carbocycles. The molecule has 2 aromatic heterocycles. The molecule has 9 nitrogen and oxygen atoms in total. The molecule has 0 spiro atoms. The Balaban J connectivity index is 1.42. The molecule has 2 aromatic rings. The van der Waals surface area contributed by atoms with Crippen molar-refractivity contribution in [3.8, 4) is 5.75 Å². The summed E-state index contributed by atoms with van der Waals surface area (Å²) in [6.45, 7) is 8.70. The Morgan fingerprint density at radius 2 is 1.88 bits per heavy atom. The summed E-state index contributed by atoms with van der Waals surface area (Å²) in [5.74, 6) is 0.834. The molecule has 0 radical (unpaired) electrons. The molecular formula is C25H32N6O3. The molecule has 180 valence electrons. The van der Waals surface area contributed by atoms with E-state index in [1.807, 2.05) is 30.9 Å². The van der Waals surface area contributed by atoms with Crippen LogP contribution < -0.4 is 15.0 Å². The molecule has 0 aromatic carbocycles. The van der Waals surface area contributed by atoms with Gasteiger partial charge in [0.25, 0.3) is 5.91 Å². The number of carbonyl (C=O) groups excluding carboxylic acids is 2. The fourth-order valence-corrected chi connectivity index (χ4v) is 3.37. The Morgan fingerprint density at radius 3 is 2.56 bits per heavy atom. The van der Waals surface area contributed by atoms with Crippen LogP contribution in [0.5, 0.6) is 5.75 Å². The fourth-order valence-electron chi connectivity index (χ4n) is 3.37. The van der Waals surface area contributed by atoms with E-state index in [1.54, 1.807) is 35.6 Å². The fraction of sp³-hybridized carbons (Fsp3) is 0.400. The minimum Gasteiger partial charge on any atom is -0.486 e. The van der Waals surface area contributed by atoms with Crippen LogP contribution in [0.3, 0.4) is 0 Å². The van der Waals surface area contributed by atoms with Gasteiger partial charge < -0.3 is 19.9 Å². The zero-order valence-electron chi connectivity index (χ0n) is 20.0. The molecule has 1 aliphatic heterocycles. The van der Waals surface area contributed by atoms with Crippen LogP contribution in [0.25, 0.3) is 0 Å². The van der Waals surface area contributed by atoms with Gasteiger partial charge >= 0.3 is 0 Å². The summed E-state index contributed by atoms with van der Waals surface area (Å²) in [6.07, 6.45) is 12.1. The molecule has 3 rings (SSSR count). The smallest absolute Gasteiger partial charge is 0.251 e. The zero-order chi connectivity index (χ0) is 24.3. The highest BCUT2D eigenvalue weighted by Gasteiger charge is 2.23. The van der Waals surface area contributed by atoms with Gasteiger partial charge in [0.15, 0.2) is 5.75 Å². The highest BCUT2D eigenvalue weighted by Crippen LogP contribution is 2.15. The van der Waals surface area contributed by atoms with Gasteiger partial charge in [0, 0.05) is 43.6 Å². The highest BCUT2D eigenvalue weighted by atomic mass is 16.5. The van der Waals surface area contributed by atoms with Crippen LogP contribution in [0.2, 0.25) is 0 Å². The summed E-state index contributed by atoms with van der Waals surface area (Å²) in [4.78, 5) is 41.4. The van der Waals surface area contributed by atoms with Crippen LogP contribution in [-0.4, -0.2) is 71.0 Å². The second-order valence-electron chi connectivity index (χ2n) is 8.09. The lowest BCUT2D eigenvalue weighted by Gasteiger charge is -2.34. The number of aryl methyl sites for hydroxylation is 1. The van der Waals surface area contributed by atoms with Crippen LogP contribution in [0.4, 0.5) is 5.95 Å². The molecule has 1 fully saturated rings. The second-order valence-corrected chi connectivity index (χ2v) is 8.09.